The molecule has 1 unspecified atom stereocenters. The Morgan fingerprint density at radius 1 is 1.23 bits per heavy atom. The van der Waals surface area contributed by atoms with Gasteiger partial charge in [-0.05, 0) is 41.7 Å². The Morgan fingerprint density at radius 3 is 2.87 bits per heavy atom. The number of hydrogen-bond donors (Lipinski definition) is 1. The largest absolute Gasteiger partial charge is 0.351 e. The average Bonchev–Trinajstić information content (AvgIpc) is 3.18. The quantitative estimate of drug-likeness (QED) is 0.536. The number of fused-ring (bicyclic) bond motifs is 2. The van der Waals surface area contributed by atoms with E-state index in [1.807, 2.05) is 38.1 Å². The summed E-state index contributed by atoms with van der Waals surface area (Å²) in [5.41, 5.74) is 5.81. The molecule has 0 aliphatic heterocycles. The zero-order valence-electron chi connectivity index (χ0n) is 16.9. The van der Waals surface area contributed by atoms with Gasteiger partial charge in [-0.2, -0.15) is 0 Å². The van der Waals surface area contributed by atoms with Gasteiger partial charge in [0.15, 0.2) is 0 Å². The van der Waals surface area contributed by atoms with Gasteiger partial charge in [0.05, 0.1) is 22.3 Å². The van der Waals surface area contributed by atoms with E-state index in [1.165, 1.54) is 11.1 Å². The Hall–Kier alpha value is -3.54. The summed E-state index contributed by atoms with van der Waals surface area (Å²) in [5.74, 6) is 0.330. The molecule has 6 nitrogen and oxygen atoms in total. The van der Waals surface area contributed by atoms with Crippen molar-refractivity contribution in [2.45, 2.75) is 32.1 Å². The number of pyridine rings is 2. The molecule has 150 valence electrons. The number of benzene rings is 1. The van der Waals surface area contributed by atoms with Gasteiger partial charge in [-0.1, -0.05) is 43.3 Å². The molecule has 1 aliphatic carbocycles. The van der Waals surface area contributed by atoms with Crippen molar-refractivity contribution >= 4 is 17.0 Å². The van der Waals surface area contributed by atoms with Gasteiger partial charge in [0.25, 0.3) is 11.6 Å². The molecule has 0 spiro atoms. The molecule has 0 saturated heterocycles. The predicted molar refractivity (Wildman–Crippen MR) is 114 cm³/mol. The second-order valence-corrected chi connectivity index (χ2v) is 8.01. The van der Waals surface area contributed by atoms with Crippen LogP contribution in [0.25, 0.3) is 22.4 Å². The average molecular weight is 398 g/mol. The number of nitrogens with one attached hydrogen (secondary N) is 1. The third kappa shape index (κ3) is 3.14. The summed E-state index contributed by atoms with van der Waals surface area (Å²) in [6.07, 6.45) is 4.42. The van der Waals surface area contributed by atoms with E-state index in [2.05, 4.69) is 38.6 Å². The van der Waals surface area contributed by atoms with Crippen LogP contribution < -0.4 is 5.32 Å². The van der Waals surface area contributed by atoms with Crippen LogP contribution in [0, 0.1) is 0 Å². The van der Waals surface area contributed by atoms with E-state index < -0.39 is 0 Å². The van der Waals surface area contributed by atoms with Crippen molar-refractivity contribution in [3.05, 3.63) is 77.2 Å². The molecule has 0 radical (unpaired) electrons. The molecule has 30 heavy (non-hydrogen) atoms. The van der Waals surface area contributed by atoms with E-state index in [4.69, 9.17) is 4.52 Å². The number of aromatic nitrogens is 3. The third-order valence-corrected chi connectivity index (χ3v) is 5.69. The molecular weight excluding hydrogens is 376 g/mol. The molecule has 1 amide bonds. The van der Waals surface area contributed by atoms with E-state index in [0.29, 0.717) is 34.8 Å². The summed E-state index contributed by atoms with van der Waals surface area (Å²) in [5, 5.41) is 7.99. The molecule has 1 atom stereocenters. The summed E-state index contributed by atoms with van der Waals surface area (Å²) in [7, 11) is 0. The minimum absolute atomic E-state index is 0.113. The second kappa shape index (κ2) is 7.37. The maximum atomic E-state index is 13.2. The first kappa shape index (κ1) is 18.5. The first-order chi connectivity index (χ1) is 14.6. The number of hydrogen-bond acceptors (Lipinski definition) is 5. The molecule has 4 aromatic rings. The highest BCUT2D eigenvalue weighted by Gasteiger charge is 2.27. The van der Waals surface area contributed by atoms with Crippen molar-refractivity contribution in [3.63, 3.8) is 0 Å². The fourth-order valence-electron chi connectivity index (χ4n) is 4.06. The zero-order valence-corrected chi connectivity index (χ0v) is 16.9. The van der Waals surface area contributed by atoms with Crippen LogP contribution in [0.5, 0.6) is 0 Å². The van der Waals surface area contributed by atoms with Gasteiger partial charge in [0.1, 0.15) is 0 Å². The summed E-state index contributed by atoms with van der Waals surface area (Å²) < 4.78 is 5.51. The molecular formula is C24H22N4O2. The molecule has 5 rings (SSSR count). The second-order valence-electron chi connectivity index (χ2n) is 8.01. The van der Waals surface area contributed by atoms with Gasteiger partial charge in [0, 0.05) is 30.4 Å². The topological polar surface area (TPSA) is 80.9 Å². The molecule has 1 aromatic carbocycles. The van der Waals surface area contributed by atoms with Crippen LogP contribution in [-0.4, -0.2) is 27.6 Å². The number of carbonyl (C=O) groups is 1. The lowest BCUT2D eigenvalue weighted by Gasteiger charge is -2.30. The van der Waals surface area contributed by atoms with Crippen molar-refractivity contribution in [1.29, 1.82) is 0 Å². The minimum Gasteiger partial charge on any atom is -0.351 e. The lowest BCUT2D eigenvalue weighted by atomic mass is 9.77. The van der Waals surface area contributed by atoms with Crippen LogP contribution in [0.2, 0.25) is 0 Å². The molecule has 3 aromatic heterocycles. The van der Waals surface area contributed by atoms with E-state index in [9.17, 15) is 4.79 Å². The number of nitrogens with zero attached hydrogens (tertiary/aromatic N) is 3. The SMILES string of the molecule is CC(C)c1noc2nc(-c3cccnc3)cc(C(=O)NCC3Cc4ccccc43)c12. The summed E-state index contributed by atoms with van der Waals surface area (Å²) in [4.78, 5) is 22.0. The molecule has 3 heterocycles. The van der Waals surface area contributed by atoms with Crippen molar-refractivity contribution in [3.8, 4) is 11.3 Å². The first-order valence-corrected chi connectivity index (χ1v) is 10.2. The van der Waals surface area contributed by atoms with Crippen LogP contribution in [-0.2, 0) is 6.42 Å². The van der Waals surface area contributed by atoms with E-state index in [-0.39, 0.29) is 11.8 Å². The highest BCUT2D eigenvalue weighted by Crippen LogP contribution is 2.34. The van der Waals surface area contributed by atoms with E-state index in [1.54, 1.807) is 12.4 Å². The summed E-state index contributed by atoms with van der Waals surface area (Å²) >= 11 is 0. The minimum atomic E-state index is -0.137. The Balaban J connectivity index is 1.49. The van der Waals surface area contributed by atoms with Gasteiger partial charge in [-0.3, -0.25) is 9.78 Å². The van der Waals surface area contributed by atoms with Gasteiger partial charge in [0.2, 0.25) is 0 Å². The van der Waals surface area contributed by atoms with Crippen LogP contribution in [0.3, 0.4) is 0 Å². The lowest BCUT2D eigenvalue weighted by Crippen LogP contribution is -2.33. The molecule has 0 saturated carbocycles. The van der Waals surface area contributed by atoms with Crippen molar-refractivity contribution in [2.75, 3.05) is 6.54 Å². The fraction of sp³-hybridized carbons (Fsp3) is 0.250. The monoisotopic (exact) mass is 398 g/mol. The van der Waals surface area contributed by atoms with Gasteiger partial charge in [-0.15, -0.1) is 0 Å². The molecule has 0 bridgehead atoms. The maximum absolute atomic E-state index is 13.2. The zero-order chi connectivity index (χ0) is 20.7. The number of carbonyl (C=O) groups excluding carboxylic acids is 1. The van der Waals surface area contributed by atoms with E-state index >= 15 is 0 Å². The Morgan fingerprint density at radius 2 is 2.10 bits per heavy atom. The van der Waals surface area contributed by atoms with Crippen LogP contribution in [0.15, 0.2) is 59.4 Å². The summed E-state index contributed by atoms with van der Waals surface area (Å²) in [6, 6.07) is 13.9. The molecule has 0 fully saturated rings. The Bertz CT molecular complexity index is 1230. The highest BCUT2D eigenvalue weighted by atomic mass is 16.5. The standard InChI is InChI=1S/C24H22N4O2/c1-14(2)22-21-19(23(29)26-13-17-10-15-6-3-4-8-18(15)17)11-20(27-24(21)30-28-22)16-7-5-9-25-12-16/h3-9,11-12,14,17H,10,13H2,1-2H3,(H,26,29). The smallest absolute Gasteiger partial charge is 0.259 e. The van der Waals surface area contributed by atoms with Crippen molar-refractivity contribution in [1.82, 2.24) is 20.4 Å². The molecule has 6 heteroatoms. The van der Waals surface area contributed by atoms with Gasteiger partial charge in [-0.25, -0.2) is 4.98 Å². The number of rotatable bonds is 5. The molecule has 1 aliphatic rings. The van der Waals surface area contributed by atoms with Crippen molar-refractivity contribution < 1.29 is 9.32 Å². The fourth-order valence-corrected chi connectivity index (χ4v) is 4.06. The van der Waals surface area contributed by atoms with Crippen molar-refractivity contribution in [2.24, 2.45) is 0 Å². The summed E-state index contributed by atoms with van der Waals surface area (Å²) in [6.45, 7) is 4.66. The third-order valence-electron chi connectivity index (χ3n) is 5.69. The maximum Gasteiger partial charge on any atom is 0.259 e. The van der Waals surface area contributed by atoms with Gasteiger partial charge < -0.3 is 9.84 Å². The van der Waals surface area contributed by atoms with Crippen LogP contribution in [0.4, 0.5) is 0 Å². The first-order valence-electron chi connectivity index (χ1n) is 10.2. The van der Waals surface area contributed by atoms with Gasteiger partial charge >= 0.3 is 0 Å². The lowest BCUT2D eigenvalue weighted by molar-refractivity contribution is 0.0951. The Labute approximate surface area is 174 Å². The highest BCUT2D eigenvalue weighted by molar-refractivity contribution is 6.07. The van der Waals surface area contributed by atoms with E-state index in [0.717, 1.165) is 17.7 Å². The molecule has 1 N–H and O–H groups in total. The number of amides is 1. The predicted octanol–water partition coefficient (Wildman–Crippen LogP) is 4.48. The normalized spacial score (nSPS) is 15.1. The van der Waals surface area contributed by atoms with Crippen LogP contribution >= 0.6 is 0 Å². The van der Waals surface area contributed by atoms with Crippen LogP contribution in [0.1, 0.15) is 52.9 Å². The Kier molecular flexibility index (Phi) is 4.54.